The summed E-state index contributed by atoms with van der Waals surface area (Å²) in [5, 5.41) is 1.07. The van der Waals surface area contributed by atoms with Crippen LogP contribution in [0.15, 0.2) is 34.0 Å². The number of nitrogens with zero attached hydrogens (tertiary/aromatic N) is 1. The summed E-state index contributed by atoms with van der Waals surface area (Å²) in [6, 6.07) is 4.04. The van der Waals surface area contributed by atoms with Crippen LogP contribution in [-0.2, 0) is 16.0 Å². The van der Waals surface area contributed by atoms with E-state index < -0.39 is 0 Å². The largest absolute Gasteiger partial charge is 0.469 e. The quantitative estimate of drug-likeness (QED) is 0.792. The van der Waals surface area contributed by atoms with Gasteiger partial charge in [0.15, 0.2) is 0 Å². The van der Waals surface area contributed by atoms with E-state index >= 15 is 0 Å². The minimum Gasteiger partial charge on any atom is -0.469 e. The van der Waals surface area contributed by atoms with Crippen LogP contribution in [-0.4, -0.2) is 19.3 Å². The molecular weight excluding hydrogens is 242 g/mol. The lowest BCUT2D eigenvalue weighted by molar-refractivity contribution is -0.140. The van der Waals surface area contributed by atoms with Crippen molar-refractivity contribution in [1.29, 1.82) is 0 Å². The maximum Gasteiger partial charge on any atom is 0.305 e. The van der Waals surface area contributed by atoms with E-state index in [0.717, 1.165) is 27.7 Å². The average molecular weight is 255 g/mol. The Morgan fingerprint density at radius 1 is 1.37 bits per heavy atom. The number of aliphatic imine (C=N–C) groups is 1. The van der Waals surface area contributed by atoms with E-state index in [4.69, 9.17) is 4.42 Å². The van der Waals surface area contributed by atoms with Gasteiger partial charge in [-0.25, -0.2) is 0 Å². The van der Waals surface area contributed by atoms with Crippen molar-refractivity contribution in [3.05, 3.63) is 41.3 Å². The van der Waals surface area contributed by atoms with Gasteiger partial charge in [-0.05, 0) is 29.7 Å². The molecule has 1 aliphatic rings. The highest BCUT2D eigenvalue weighted by atomic mass is 16.5. The van der Waals surface area contributed by atoms with Crippen LogP contribution in [0.4, 0.5) is 0 Å². The molecule has 0 N–H and O–H groups in total. The fourth-order valence-electron chi connectivity index (χ4n) is 2.25. The fourth-order valence-corrected chi connectivity index (χ4v) is 2.25. The molecule has 0 unspecified atom stereocenters. The number of carbonyl (C=O) groups is 1. The maximum absolute atomic E-state index is 11.2. The molecule has 1 aliphatic heterocycles. The van der Waals surface area contributed by atoms with Gasteiger partial charge in [-0.1, -0.05) is 6.07 Å². The second-order valence-corrected chi connectivity index (χ2v) is 4.42. The number of furan rings is 1. The van der Waals surface area contributed by atoms with Gasteiger partial charge in [-0.15, -0.1) is 0 Å². The molecule has 0 fully saturated rings. The van der Waals surface area contributed by atoms with E-state index in [2.05, 4.69) is 15.8 Å². The number of benzene rings is 1. The van der Waals surface area contributed by atoms with E-state index in [9.17, 15) is 4.79 Å². The van der Waals surface area contributed by atoms with Gasteiger partial charge in [0.05, 0.1) is 7.11 Å². The fraction of sp³-hybridized carbons (Fsp3) is 0.200. The average Bonchev–Trinajstić information content (AvgIpc) is 2.72. The molecule has 0 saturated heterocycles. The first kappa shape index (κ1) is 11.7. The van der Waals surface area contributed by atoms with Gasteiger partial charge in [0, 0.05) is 29.8 Å². The molecule has 0 saturated carbocycles. The Morgan fingerprint density at radius 3 is 3.11 bits per heavy atom. The highest BCUT2D eigenvalue weighted by Crippen LogP contribution is 2.28. The van der Waals surface area contributed by atoms with Gasteiger partial charge in [-0.3, -0.25) is 9.79 Å². The Balaban J connectivity index is 1.99. The van der Waals surface area contributed by atoms with E-state index in [0.29, 0.717) is 12.8 Å². The van der Waals surface area contributed by atoms with Gasteiger partial charge in [0.2, 0.25) is 0 Å². The lowest BCUT2D eigenvalue weighted by Gasteiger charge is -2.04. The van der Waals surface area contributed by atoms with E-state index in [1.54, 1.807) is 18.7 Å². The molecule has 96 valence electrons. The zero-order valence-corrected chi connectivity index (χ0v) is 10.6. The van der Waals surface area contributed by atoms with Crippen molar-refractivity contribution < 1.29 is 13.9 Å². The van der Waals surface area contributed by atoms with Crippen LogP contribution in [0.3, 0.4) is 0 Å². The number of hydrogen-bond acceptors (Lipinski definition) is 4. The predicted octanol–water partition coefficient (Wildman–Crippen LogP) is 2.94. The second kappa shape index (κ2) is 4.72. The van der Waals surface area contributed by atoms with Crippen molar-refractivity contribution in [1.82, 2.24) is 0 Å². The Morgan fingerprint density at radius 2 is 2.26 bits per heavy atom. The topological polar surface area (TPSA) is 51.8 Å². The monoisotopic (exact) mass is 255 g/mol. The molecule has 0 bridgehead atoms. The summed E-state index contributed by atoms with van der Waals surface area (Å²) in [5.41, 5.74) is 3.93. The van der Waals surface area contributed by atoms with Crippen molar-refractivity contribution in [2.75, 3.05) is 7.11 Å². The number of esters is 1. The third kappa shape index (κ3) is 2.17. The second-order valence-electron chi connectivity index (χ2n) is 4.42. The summed E-state index contributed by atoms with van der Waals surface area (Å²) >= 11 is 0. The van der Waals surface area contributed by atoms with Gasteiger partial charge in [0.1, 0.15) is 11.8 Å². The molecule has 0 amide bonds. The normalized spacial score (nSPS) is 12.7. The van der Waals surface area contributed by atoms with Crippen molar-refractivity contribution >= 4 is 29.2 Å². The molecule has 4 nitrogen and oxygen atoms in total. The standard InChI is InChI=1S/C15H13NO3/c1-18-14(17)3-2-10-6-11-4-5-16-8-12-9-19-13(7-10)15(11)12/h4-9H,2-3H2,1H3. The summed E-state index contributed by atoms with van der Waals surface area (Å²) in [6.07, 6.45) is 8.21. The van der Waals surface area contributed by atoms with E-state index in [1.807, 2.05) is 12.1 Å². The number of hydrogen-bond donors (Lipinski definition) is 0. The molecule has 2 heterocycles. The van der Waals surface area contributed by atoms with Crippen LogP contribution >= 0.6 is 0 Å². The van der Waals surface area contributed by atoms with Crippen LogP contribution in [0.1, 0.15) is 23.1 Å². The van der Waals surface area contributed by atoms with Crippen LogP contribution in [0, 0.1) is 0 Å². The van der Waals surface area contributed by atoms with Gasteiger partial charge in [0.25, 0.3) is 0 Å². The molecule has 4 heteroatoms. The van der Waals surface area contributed by atoms with Crippen LogP contribution in [0.2, 0.25) is 0 Å². The summed E-state index contributed by atoms with van der Waals surface area (Å²) in [4.78, 5) is 15.4. The van der Waals surface area contributed by atoms with Crippen LogP contribution < -0.4 is 0 Å². The molecule has 0 atom stereocenters. The number of aryl methyl sites for hydroxylation is 1. The molecule has 1 aromatic carbocycles. The first-order chi connectivity index (χ1) is 9.28. The molecule has 19 heavy (non-hydrogen) atoms. The number of ether oxygens (including phenoxy) is 1. The van der Waals surface area contributed by atoms with E-state index in [1.165, 1.54) is 7.11 Å². The lowest BCUT2D eigenvalue weighted by atomic mass is 10.0. The van der Waals surface area contributed by atoms with Crippen molar-refractivity contribution in [2.24, 2.45) is 4.99 Å². The van der Waals surface area contributed by atoms with Crippen molar-refractivity contribution in [3.63, 3.8) is 0 Å². The Hall–Kier alpha value is -2.36. The number of carbonyl (C=O) groups excluding carboxylic acids is 1. The van der Waals surface area contributed by atoms with Gasteiger partial charge >= 0.3 is 5.97 Å². The molecule has 0 radical (unpaired) electrons. The van der Waals surface area contributed by atoms with Crippen molar-refractivity contribution in [2.45, 2.75) is 12.8 Å². The summed E-state index contributed by atoms with van der Waals surface area (Å²) in [5.74, 6) is -0.204. The third-order valence-electron chi connectivity index (χ3n) is 3.19. The molecule has 2 aromatic rings. The molecule has 0 spiro atoms. The summed E-state index contributed by atoms with van der Waals surface area (Å²) in [7, 11) is 1.40. The number of methoxy groups -OCH3 is 1. The van der Waals surface area contributed by atoms with Crippen LogP contribution in [0.5, 0.6) is 0 Å². The first-order valence-corrected chi connectivity index (χ1v) is 6.08. The van der Waals surface area contributed by atoms with Crippen molar-refractivity contribution in [3.8, 4) is 0 Å². The SMILES string of the molecule is COC(=O)CCc1cc2c3c(coc3c1)C=NC=C2. The van der Waals surface area contributed by atoms with Crippen LogP contribution in [0.25, 0.3) is 17.0 Å². The zero-order chi connectivity index (χ0) is 13.2. The number of rotatable bonds is 3. The smallest absolute Gasteiger partial charge is 0.305 e. The highest BCUT2D eigenvalue weighted by Gasteiger charge is 2.12. The first-order valence-electron chi connectivity index (χ1n) is 6.08. The van der Waals surface area contributed by atoms with E-state index in [-0.39, 0.29) is 5.97 Å². The summed E-state index contributed by atoms with van der Waals surface area (Å²) < 4.78 is 10.2. The molecule has 1 aromatic heterocycles. The molecular formula is C15H13NO3. The maximum atomic E-state index is 11.2. The molecule has 3 rings (SSSR count). The summed E-state index contributed by atoms with van der Waals surface area (Å²) in [6.45, 7) is 0. The highest BCUT2D eigenvalue weighted by molar-refractivity contribution is 6.03. The predicted molar refractivity (Wildman–Crippen MR) is 73.2 cm³/mol. The minimum absolute atomic E-state index is 0.204. The Labute approximate surface area is 110 Å². The zero-order valence-electron chi connectivity index (χ0n) is 10.6. The lowest BCUT2D eigenvalue weighted by Crippen LogP contribution is -2.02. The van der Waals surface area contributed by atoms with Gasteiger partial charge in [-0.2, -0.15) is 0 Å². The Kier molecular flexibility index (Phi) is 2.91. The van der Waals surface area contributed by atoms with Gasteiger partial charge < -0.3 is 9.15 Å². The Bertz CT molecular complexity index is 695. The third-order valence-corrected chi connectivity index (χ3v) is 3.19. The minimum atomic E-state index is -0.204. The molecule has 0 aliphatic carbocycles.